The van der Waals surface area contributed by atoms with Gasteiger partial charge in [0.25, 0.3) is 5.91 Å². The van der Waals surface area contributed by atoms with E-state index in [1.807, 2.05) is 24.3 Å². The highest BCUT2D eigenvalue weighted by Crippen LogP contribution is 2.25. The summed E-state index contributed by atoms with van der Waals surface area (Å²) in [6.07, 6.45) is -0.968. The van der Waals surface area contributed by atoms with Crippen molar-refractivity contribution in [3.05, 3.63) is 54.1 Å². The zero-order chi connectivity index (χ0) is 20.7. The number of rotatable bonds is 7. The molecule has 2 aromatic carbocycles. The van der Waals surface area contributed by atoms with Crippen LogP contribution in [-0.4, -0.2) is 31.7 Å². The Morgan fingerprint density at radius 3 is 2.29 bits per heavy atom. The highest BCUT2D eigenvalue weighted by Gasteiger charge is 2.19. The molecule has 0 aliphatic carbocycles. The molecule has 2 rings (SSSR count). The van der Waals surface area contributed by atoms with Gasteiger partial charge in [-0.15, -0.1) is 0 Å². The van der Waals surface area contributed by atoms with E-state index in [0.29, 0.717) is 17.2 Å². The van der Waals surface area contributed by atoms with Crippen LogP contribution in [0.1, 0.15) is 33.3 Å². The fourth-order valence-electron chi connectivity index (χ4n) is 2.46. The molecule has 0 saturated heterocycles. The molecule has 0 aliphatic heterocycles. The lowest BCUT2D eigenvalue weighted by Crippen LogP contribution is -2.31. The van der Waals surface area contributed by atoms with Gasteiger partial charge < -0.3 is 19.5 Å². The average molecular weight is 385 g/mol. The normalized spacial score (nSPS) is 12.0. The molecule has 0 heterocycles. The third-order valence-electron chi connectivity index (χ3n) is 4.12. The number of hydrogen-bond donors (Lipinski definition) is 1. The van der Waals surface area contributed by atoms with E-state index in [0.717, 1.165) is 0 Å². The van der Waals surface area contributed by atoms with Crippen LogP contribution in [0.15, 0.2) is 48.5 Å². The van der Waals surface area contributed by atoms with Gasteiger partial charge in [0.1, 0.15) is 11.5 Å². The molecule has 1 N–H and O–H groups in total. The summed E-state index contributed by atoms with van der Waals surface area (Å²) in [5.41, 5.74) is 1.72. The lowest BCUT2D eigenvalue weighted by Gasteiger charge is -2.19. The second-order valence-corrected chi connectivity index (χ2v) is 7.38. The summed E-state index contributed by atoms with van der Waals surface area (Å²) in [7, 11) is 1.51. The molecule has 0 radical (unpaired) electrons. The summed E-state index contributed by atoms with van der Waals surface area (Å²) < 4.78 is 15.8. The minimum atomic E-state index is -0.968. The van der Waals surface area contributed by atoms with Gasteiger partial charge in [0, 0.05) is 0 Å². The van der Waals surface area contributed by atoms with Crippen molar-refractivity contribution >= 4 is 17.6 Å². The molecule has 0 bridgehead atoms. The van der Waals surface area contributed by atoms with Crippen molar-refractivity contribution in [3.8, 4) is 11.5 Å². The summed E-state index contributed by atoms with van der Waals surface area (Å²) in [5.74, 6) is 0.0162. The van der Waals surface area contributed by atoms with E-state index >= 15 is 0 Å². The van der Waals surface area contributed by atoms with Crippen molar-refractivity contribution in [2.45, 2.75) is 39.2 Å². The Kier molecular flexibility index (Phi) is 7.04. The first-order valence-electron chi connectivity index (χ1n) is 9.07. The van der Waals surface area contributed by atoms with Gasteiger partial charge in [-0.05, 0) is 42.2 Å². The van der Waals surface area contributed by atoms with Gasteiger partial charge in [-0.2, -0.15) is 0 Å². The van der Waals surface area contributed by atoms with Crippen LogP contribution in [0.2, 0.25) is 0 Å². The van der Waals surface area contributed by atoms with Crippen molar-refractivity contribution in [1.29, 1.82) is 0 Å². The molecule has 6 nitrogen and oxygen atoms in total. The summed E-state index contributed by atoms with van der Waals surface area (Å²) in [6, 6.07) is 14.5. The molecule has 28 heavy (non-hydrogen) atoms. The molecule has 0 spiro atoms. The second-order valence-electron chi connectivity index (χ2n) is 7.38. The Morgan fingerprint density at radius 2 is 1.68 bits per heavy atom. The van der Waals surface area contributed by atoms with Crippen LogP contribution in [0, 0.1) is 0 Å². The molecular formula is C22H27NO5. The molecule has 0 fully saturated rings. The predicted octanol–water partition coefficient (Wildman–Crippen LogP) is 3.94. The molecule has 1 atom stereocenters. The van der Waals surface area contributed by atoms with Gasteiger partial charge in [0.05, 0.1) is 12.8 Å². The maximum atomic E-state index is 12.2. The maximum Gasteiger partial charge on any atom is 0.344 e. The molecule has 0 saturated carbocycles. The summed E-state index contributed by atoms with van der Waals surface area (Å²) >= 11 is 0. The SMILES string of the molecule is COc1ccccc1NC(=O)C(C)OC(=O)COc1ccc(C(C)(C)C)cc1. The summed E-state index contributed by atoms with van der Waals surface area (Å²) in [4.78, 5) is 24.2. The Balaban J connectivity index is 1.84. The van der Waals surface area contributed by atoms with Crippen LogP contribution in [-0.2, 0) is 19.7 Å². The molecule has 150 valence electrons. The van der Waals surface area contributed by atoms with Gasteiger partial charge >= 0.3 is 5.97 Å². The average Bonchev–Trinajstić information content (AvgIpc) is 2.66. The molecule has 0 aliphatic rings. The zero-order valence-electron chi connectivity index (χ0n) is 16.9. The van der Waals surface area contributed by atoms with E-state index in [2.05, 4.69) is 26.1 Å². The van der Waals surface area contributed by atoms with Crippen molar-refractivity contribution in [1.82, 2.24) is 0 Å². The molecule has 6 heteroatoms. The molecule has 1 amide bonds. The van der Waals surface area contributed by atoms with Gasteiger partial charge in [-0.25, -0.2) is 4.79 Å². The molecule has 2 aromatic rings. The number of carbonyl (C=O) groups is 2. The van der Waals surface area contributed by atoms with Crippen molar-refractivity contribution in [2.75, 3.05) is 19.0 Å². The number of para-hydroxylation sites is 2. The fourth-order valence-corrected chi connectivity index (χ4v) is 2.46. The quantitative estimate of drug-likeness (QED) is 0.731. The summed E-state index contributed by atoms with van der Waals surface area (Å²) in [6.45, 7) is 7.59. The Hall–Kier alpha value is -3.02. The zero-order valence-corrected chi connectivity index (χ0v) is 16.9. The molecular weight excluding hydrogens is 358 g/mol. The van der Waals surface area contributed by atoms with E-state index in [1.54, 1.807) is 24.3 Å². The van der Waals surface area contributed by atoms with Crippen LogP contribution in [0.3, 0.4) is 0 Å². The van der Waals surface area contributed by atoms with E-state index in [9.17, 15) is 9.59 Å². The minimum absolute atomic E-state index is 0.0433. The number of benzene rings is 2. The number of nitrogens with one attached hydrogen (secondary N) is 1. The first kappa shape index (κ1) is 21.3. The first-order valence-corrected chi connectivity index (χ1v) is 9.07. The smallest absolute Gasteiger partial charge is 0.344 e. The third kappa shape index (κ3) is 6.01. The molecule has 0 aromatic heterocycles. The number of methoxy groups -OCH3 is 1. The predicted molar refractivity (Wildman–Crippen MR) is 108 cm³/mol. The second kappa shape index (κ2) is 9.26. The van der Waals surface area contributed by atoms with E-state index in [4.69, 9.17) is 14.2 Å². The number of amides is 1. The Morgan fingerprint density at radius 1 is 1.04 bits per heavy atom. The number of anilines is 1. The van der Waals surface area contributed by atoms with Crippen LogP contribution in [0.5, 0.6) is 11.5 Å². The van der Waals surface area contributed by atoms with Crippen molar-refractivity contribution in [2.24, 2.45) is 0 Å². The Bertz CT molecular complexity index is 808. The minimum Gasteiger partial charge on any atom is -0.495 e. The van der Waals surface area contributed by atoms with Crippen LogP contribution < -0.4 is 14.8 Å². The number of ether oxygens (including phenoxy) is 3. The van der Waals surface area contributed by atoms with Crippen molar-refractivity contribution < 1.29 is 23.8 Å². The maximum absolute atomic E-state index is 12.2. The third-order valence-corrected chi connectivity index (χ3v) is 4.12. The van der Waals surface area contributed by atoms with E-state index in [-0.39, 0.29) is 12.0 Å². The van der Waals surface area contributed by atoms with Crippen LogP contribution in [0.25, 0.3) is 0 Å². The lowest BCUT2D eigenvalue weighted by atomic mass is 9.87. The lowest BCUT2D eigenvalue weighted by molar-refractivity contribution is -0.155. The fraction of sp³-hybridized carbons (Fsp3) is 0.364. The molecule has 1 unspecified atom stereocenters. The largest absolute Gasteiger partial charge is 0.495 e. The number of hydrogen-bond acceptors (Lipinski definition) is 5. The van der Waals surface area contributed by atoms with E-state index < -0.39 is 18.0 Å². The first-order chi connectivity index (χ1) is 13.2. The van der Waals surface area contributed by atoms with Gasteiger partial charge in [-0.1, -0.05) is 45.0 Å². The monoisotopic (exact) mass is 385 g/mol. The topological polar surface area (TPSA) is 73.9 Å². The van der Waals surface area contributed by atoms with Gasteiger partial charge in [-0.3, -0.25) is 4.79 Å². The number of esters is 1. The van der Waals surface area contributed by atoms with Crippen molar-refractivity contribution in [3.63, 3.8) is 0 Å². The number of carbonyl (C=O) groups excluding carboxylic acids is 2. The Labute approximate surface area is 165 Å². The van der Waals surface area contributed by atoms with Gasteiger partial charge in [0.15, 0.2) is 12.7 Å². The highest BCUT2D eigenvalue weighted by molar-refractivity contribution is 5.96. The summed E-state index contributed by atoms with van der Waals surface area (Å²) in [5, 5.41) is 2.68. The van der Waals surface area contributed by atoms with Crippen LogP contribution in [0.4, 0.5) is 5.69 Å². The standard InChI is InChI=1S/C22H27NO5/c1-15(21(25)23-18-8-6-7-9-19(18)26-5)28-20(24)14-27-17-12-10-16(11-13-17)22(2,3)4/h6-13,15H,14H2,1-5H3,(H,23,25). The van der Waals surface area contributed by atoms with Gasteiger partial charge in [0.2, 0.25) is 0 Å². The van der Waals surface area contributed by atoms with Crippen LogP contribution >= 0.6 is 0 Å². The highest BCUT2D eigenvalue weighted by atomic mass is 16.6. The van der Waals surface area contributed by atoms with E-state index in [1.165, 1.54) is 19.6 Å².